The quantitative estimate of drug-likeness (QED) is 0.392. The van der Waals surface area contributed by atoms with Crippen LogP contribution in [0, 0.1) is 20.8 Å². The lowest BCUT2D eigenvalue weighted by Crippen LogP contribution is -2.71. The van der Waals surface area contributed by atoms with Gasteiger partial charge in [0.25, 0.3) is 5.91 Å². The minimum absolute atomic E-state index is 0.138. The molecular weight excluding hydrogens is 442 g/mol. The van der Waals surface area contributed by atoms with Gasteiger partial charge in [-0.05, 0) is 60.7 Å². The highest BCUT2D eigenvalue weighted by Crippen LogP contribution is 2.50. The van der Waals surface area contributed by atoms with Crippen molar-refractivity contribution in [3.63, 3.8) is 0 Å². The van der Waals surface area contributed by atoms with Gasteiger partial charge in [0.15, 0.2) is 5.60 Å². The summed E-state index contributed by atoms with van der Waals surface area (Å²) in [7, 11) is 4.78. The first-order valence-electron chi connectivity index (χ1n) is 11.7. The van der Waals surface area contributed by atoms with E-state index in [-0.39, 0.29) is 12.5 Å². The third-order valence-corrected chi connectivity index (χ3v) is 6.87. The van der Waals surface area contributed by atoms with Crippen LogP contribution in [0.15, 0.2) is 60.7 Å². The van der Waals surface area contributed by atoms with Crippen LogP contribution in [0.1, 0.15) is 33.9 Å². The molecule has 1 aliphatic rings. The van der Waals surface area contributed by atoms with Crippen molar-refractivity contribution in [3.05, 3.63) is 88.5 Å². The van der Waals surface area contributed by atoms with E-state index >= 15 is 0 Å². The molecule has 1 fully saturated rings. The smallest absolute Gasteiger partial charge is 0.264 e. The zero-order chi connectivity index (χ0) is 25.2. The lowest BCUT2D eigenvalue weighted by Gasteiger charge is -2.54. The van der Waals surface area contributed by atoms with Gasteiger partial charge in [0.05, 0.1) is 13.7 Å². The molecule has 0 saturated carbocycles. The number of anilines is 1. The van der Waals surface area contributed by atoms with E-state index in [1.54, 1.807) is 26.2 Å². The number of benzene rings is 3. The molecule has 1 heterocycles. The summed E-state index contributed by atoms with van der Waals surface area (Å²) in [6.07, 6.45) is 0. The number of amides is 1. The van der Waals surface area contributed by atoms with Crippen LogP contribution >= 0.6 is 0 Å². The third kappa shape index (κ3) is 4.40. The van der Waals surface area contributed by atoms with Gasteiger partial charge in [-0.15, -0.1) is 0 Å². The van der Waals surface area contributed by atoms with Crippen LogP contribution in [0.2, 0.25) is 0 Å². The van der Waals surface area contributed by atoms with Crippen LogP contribution in [-0.2, 0) is 20.9 Å². The molecule has 1 saturated heterocycles. The Morgan fingerprint density at radius 1 is 0.886 bits per heavy atom. The van der Waals surface area contributed by atoms with Crippen LogP contribution in [0.5, 0.6) is 11.5 Å². The lowest BCUT2D eigenvalue weighted by molar-refractivity contribution is -0.169. The summed E-state index contributed by atoms with van der Waals surface area (Å²) < 4.78 is 23.1. The van der Waals surface area contributed by atoms with Gasteiger partial charge in [0.2, 0.25) is 0 Å². The van der Waals surface area contributed by atoms with E-state index in [4.69, 9.17) is 18.9 Å². The minimum Gasteiger partial charge on any atom is -0.496 e. The monoisotopic (exact) mass is 475 g/mol. The maximum atomic E-state index is 13.6. The van der Waals surface area contributed by atoms with Crippen molar-refractivity contribution in [2.75, 3.05) is 32.8 Å². The molecule has 184 valence electrons. The van der Waals surface area contributed by atoms with Crippen LogP contribution < -0.4 is 14.4 Å². The van der Waals surface area contributed by atoms with Gasteiger partial charge in [-0.25, -0.2) is 0 Å². The number of carbonyl (C=O) groups excluding carboxylic acids is 1. The summed E-state index contributed by atoms with van der Waals surface area (Å²) >= 11 is 0. The summed E-state index contributed by atoms with van der Waals surface area (Å²) in [5, 5.41) is 0. The number of aryl methyl sites for hydroxylation is 2. The molecule has 0 bridgehead atoms. The summed E-state index contributed by atoms with van der Waals surface area (Å²) in [6.45, 7) is 6.63. The maximum Gasteiger partial charge on any atom is 0.264 e. The summed E-state index contributed by atoms with van der Waals surface area (Å²) in [5.41, 5.74) is 4.73. The van der Waals surface area contributed by atoms with Gasteiger partial charge in [0, 0.05) is 26.0 Å². The number of hydrogen-bond acceptors (Lipinski definition) is 5. The molecule has 0 aliphatic carbocycles. The fourth-order valence-corrected chi connectivity index (χ4v) is 4.72. The average Bonchev–Trinajstić information content (AvgIpc) is 2.87. The molecular formula is C29H33NO5. The SMILES string of the molecule is COC[C@@]1(OC)C(=O)N(c2cc(C)c(C)c(OC)c2)[C@H]1c1ccc(C)c(OCc2ccccc2)c1. The zero-order valence-electron chi connectivity index (χ0n) is 21.3. The molecule has 3 aromatic rings. The molecule has 1 aliphatic heterocycles. The first-order valence-corrected chi connectivity index (χ1v) is 11.7. The predicted octanol–water partition coefficient (Wildman–Crippen LogP) is 5.32. The number of methoxy groups -OCH3 is 3. The highest BCUT2D eigenvalue weighted by atomic mass is 16.5. The van der Waals surface area contributed by atoms with Crippen molar-refractivity contribution in [1.82, 2.24) is 0 Å². The molecule has 0 radical (unpaired) electrons. The van der Waals surface area contributed by atoms with Crippen LogP contribution in [-0.4, -0.2) is 39.4 Å². The van der Waals surface area contributed by atoms with Crippen molar-refractivity contribution in [3.8, 4) is 11.5 Å². The normalized spacial score (nSPS) is 19.4. The Morgan fingerprint density at radius 2 is 1.63 bits per heavy atom. The van der Waals surface area contributed by atoms with Crippen molar-refractivity contribution >= 4 is 11.6 Å². The van der Waals surface area contributed by atoms with Crippen molar-refractivity contribution < 1.29 is 23.7 Å². The molecule has 35 heavy (non-hydrogen) atoms. The van der Waals surface area contributed by atoms with Gasteiger partial charge in [0.1, 0.15) is 24.1 Å². The molecule has 4 rings (SSSR count). The summed E-state index contributed by atoms with van der Waals surface area (Å²) in [4.78, 5) is 15.4. The lowest BCUT2D eigenvalue weighted by atomic mass is 9.77. The Bertz CT molecular complexity index is 1210. The van der Waals surface area contributed by atoms with Crippen molar-refractivity contribution in [1.29, 1.82) is 0 Å². The molecule has 0 aromatic heterocycles. The van der Waals surface area contributed by atoms with Gasteiger partial charge in [-0.2, -0.15) is 0 Å². The van der Waals surface area contributed by atoms with Gasteiger partial charge < -0.3 is 18.9 Å². The Labute approximate surface area is 207 Å². The maximum absolute atomic E-state index is 13.6. The Morgan fingerprint density at radius 3 is 2.29 bits per heavy atom. The molecule has 0 spiro atoms. The van der Waals surface area contributed by atoms with Crippen LogP contribution in [0.4, 0.5) is 5.69 Å². The molecule has 3 aromatic carbocycles. The van der Waals surface area contributed by atoms with Crippen LogP contribution in [0.3, 0.4) is 0 Å². The first-order chi connectivity index (χ1) is 16.9. The van der Waals surface area contributed by atoms with Gasteiger partial charge in [-0.1, -0.05) is 42.5 Å². The van der Waals surface area contributed by atoms with E-state index < -0.39 is 11.6 Å². The standard InChI is InChI=1S/C29H33NO5/c1-19-12-13-23(15-25(19)35-17-22-10-8-7-9-11-22)27-29(34-6,18-32-4)28(31)30(27)24-14-20(2)21(3)26(16-24)33-5/h7-16,27H,17-18H2,1-6H3/t27-,29-/m0/s1. The fraction of sp³-hybridized carbons (Fsp3) is 0.345. The zero-order valence-corrected chi connectivity index (χ0v) is 21.3. The Balaban J connectivity index is 1.75. The van der Waals surface area contributed by atoms with Crippen LogP contribution in [0.25, 0.3) is 0 Å². The molecule has 6 heteroatoms. The van der Waals surface area contributed by atoms with Gasteiger partial charge in [-0.3, -0.25) is 9.69 Å². The Kier molecular flexibility index (Phi) is 7.15. The van der Waals surface area contributed by atoms with E-state index in [2.05, 4.69) is 0 Å². The second-order valence-electron chi connectivity index (χ2n) is 8.99. The number of carbonyl (C=O) groups is 1. The first kappa shape index (κ1) is 24.8. The molecule has 0 unspecified atom stereocenters. The second kappa shape index (κ2) is 10.1. The highest BCUT2D eigenvalue weighted by Gasteiger charge is 2.63. The van der Waals surface area contributed by atoms with Gasteiger partial charge >= 0.3 is 0 Å². The largest absolute Gasteiger partial charge is 0.496 e. The third-order valence-electron chi connectivity index (χ3n) is 6.87. The predicted molar refractivity (Wildman–Crippen MR) is 136 cm³/mol. The number of rotatable bonds is 9. The van der Waals surface area contributed by atoms with Crippen molar-refractivity contribution in [2.24, 2.45) is 0 Å². The summed E-state index contributed by atoms with van der Waals surface area (Å²) in [5.74, 6) is 1.36. The molecule has 2 atom stereocenters. The van der Waals surface area contributed by atoms with E-state index in [0.717, 1.165) is 45.0 Å². The molecule has 0 N–H and O–H groups in total. The summed E-state index contributed by atoms with van der Waals surface area (Å²) in [6, 6.07) is 19.6. The van der Waals surface area contributed by atoms with E-state index in [1.165, 1.54) is 0 Å². The van der Waals surface area contributed by atoms with E-state index in [0.29, 0.717) is 6.61 Å². The number of hydrogen-bond donors (Lipinski definition) is 0. The number of nitrogens with zero attached hydrogens (tertiary/aromatic N) is 1. The topological polar surface area (TPSA) is 57.2 Å². The Hall–Kier alpha value is -3.35. The highest BCUT2D eigenvalue weighted by molar-refractivity contribution is 6.09. The van der Waals surface area contributed by atoms with E-state index in [1.807, 2.05) is 81.4 Å². The molecule has 1 amide bonds. The van der Waals surface area contributed by atoms with Crippen molar-refractivity contribution in [2.45, 2.75) is 39.0 Å². The average molecular weight is 476 g/mol. The molecule has 6 nitrogen and oxygen atoms in total. The fourth-order valence-electron chi connectivity index (χ4n) is 4.72. The number of β-lactam (4-membered cyclic amide) rings is 1. The second-order valence-corrected chi connectivity index (χ2v) is 8.99. The minimum atomic E-state index is -1.13. The number of ether oxygens (including phenoxy) is 4. The van der Waals surface area contributed by atoms with E-state index in [9.17, 15) is 4.79 Å².